The zero-order valence-electron chi connectivity index (χ0n) is 15.2. The first-order valence-electron chi connectivity index (χ1n) is 9.15. The highest BCUT2D eigenvalue weighted by molar-refractivity contribution is 7.09. The number of nitrogens with one attached hydrogen (secondary N) is 1. The van der Waals surface area contributed by atoms with Crippen molar-refractivity contribution in [3.05, 3.63) is 68.1 Å². The van der Waals surface area contributed by atoms with Crippen molar-refractivity contribution < 1.29 is 9.53 Å². The van der Waals surface area contributed by atoms with Crippen LogP contribution in [0, 0.1) is 6.92 Å². The molecule has 1 aliphatic rings. The third kappa shape index (κ3) is 3.96. The van der Waals surface area contributed by atoms with Crippen molar-refractivity contribution in [1.82, 2.24) is 9.88 Å². The summed E-state index contributed by atoms with van der Waals surface area (Å²) in [6.45, 7) is 3.41. The van der Waals surface area contributed by atoms with E-state index in [0.717, 1.165) is 34.2 Å². The number of fused-ring (bicyclic) bond motifs is 1. The first-order valence-corrected chi connectivity index (χ1v) is 10.0. The highest BCUT2D eigenvalue weighted by Gasteiger charge is 2.29. The normalized spacial score (nSPS) is 16.7. The van der Waals surface area contributed by atoms with Crippen LogP contribution < -0.4 is 5.56 Å². The van der Waals surface area contributed by atoms with Crippen LogP contribution in [0.15, 0.2) is 46.6 Å². The van der Waals surface area contributed by atoms with E-state index in [4.69, 9.17) is 4.74 Å². The Kier molecular flexibility index (Phi) is 5.09. The molecule has 27 heavy (non-hydrogen) atoms. The van der Waals surface area contributed by atoms with Gasteiger partial charge in [-0.25, -0.2) is 0 Å². The molecule has 1 amide bonds. The maximum Gasteiger partial charge on any atom is 0.253 e. The molecular formula is C21H22N2O3S. The minimum atomic E-state index is -0.397. The number of rotatable bonds is 5. The molecule has 0 radical (unpaired) electrons. The minimum absolute atomic E-state index is 0.0374. The summed E-state index contributed by atoms with van der Waals surface area (Å²) in [6.07, 6.45) is 1.25. The predicted octanol–water partition coefficient (Wildman–Crippen LogP) is 3.61. The number of carbonyl (C=O) groups is 1. The van der Waals surface area contributed by atoms with E-state index in [1.165, 1.54) is 0 Å². The summed E-state index contributed by atoms with van der Waals surface area (Å²) in [4.78, 5) is 31.3. The lowest BCUT2D eigenvalue weighted by molar-refractivity contribution is -0.142. The number of pyridine rings is 1. The molecule has 5 nitrogen and oxygen atoms in total. The van der Waals surface area contributed by atoms with Gasteiger partial charge in [0.15, 0.2) is 0 Å². The molecule has 0 bridgehead atoms. The van der Waals surface area contributed by atoms with E-state index in [9.17, 15) is 9.59 Å². The summed E-state index contributed by atoms with van der Waals surface area (Å²) >= 11 is 1.61. The average molecular weight is 382 g/mol. The van der Waals surface area contributed by atoms with Gasteiger partial charge in [-0.05, 0) is 54.8 Å². The van der Waals surface area contributed by atoms with E-state index in [-0.39, 0.29) is 18.0 Å². The molecule has 1 N–H and O–H groups in total. The van der Waals surface area contributed by atoms with Crippen LogP contribution in [0.1, 0.15) is 28.8 Å². The number of aryl methyl sites for hydroxylation is 1. The first-order chi connectivity index (χ1) is 13.1. The summed E-state index contributed by atoms with van der Waals surface area (Å²) in [5.74, 6) is -0.0374. The highest BCUT2D eigenvalue weighted by Crippen LogP contribution is 2.21. The van der Waals surface area contributed by atoms with Crippen LogP contribution in [0.25, 0.3) is 10.9 Å². The second-order valence-electron chi connectivity index (χ2n) is 6.99. The number of amides is 1. The summed E-state index contributed by atoms with van der Waals surface area (Å²) < 4.78 is 5.60. The van der Waals surface area contributed by atoms with E-state index < -0.39 is 6.10 Å². The molecule has 1 aromatic carbocycles. The number of thiophene rings is 1. The van der Waals surface area contributed by atoms with Crippen LogP contribution in [0.4, 0.5) is 0 Å². The Morgan fingerprint density at radius 3 is 2.93 bits per heavy atom. The lowest BCUT2D eigenvalue weighted by atomic mass is 10.1. The number of ether oxygens (including phenoxy) is 1. The van der Waals surface area contributed by atoms with E-state index in [1.807, 2.05) is 48.7 Å². The van der Waals surface area contributed by atoms with Gasteiger partial charge in [-0.2, -0.15) is 0 Å². The molecule has 1 fully saturated rings. The molecule has 0 aliphatic carbocycles. The Morgan fingerprint density at radius 2 is 2.19 bits per heavy atom. The number of benzene rings is 1. The number of aromatic nitrogens is 1. The minimum Gasteiger partial charge on any atom is -0.368 e. The van der Waals surface area contributed by atoms with Gasteiger partial charge in [0.25, 0.3) is 11.5 Å². The van der Waals surface area contributed by atoms with Crippen LogP contribution >= 0.6 is 11.3 Å². The van der Waals surface area contributed by atoms with Crippen LogP contribution in [-0.4, -0.2) is 28.5 Å². The summed E-state index contributed by atoms with van der Waals surface area (Å²) in [6, 6.07) is 11.8. The molecule has 3 heterocycles. The fourth-order valence-corrected chi connectivity index (χ4v) is 4.19. The van der Waals surface area contributed by atoms with Gasteiger partial charge in [-0.15, -0.1) is 11.3 Å². The zero-order chi connectivity index (χ0) is 18.8. The van der Waals surface area contributed by atoms with Gasteiger partial charge in [-0.3, -0.25) is 9.59 Å². The number of nitrogens with zero attached hydrogens (tertiary/aromatic N) is 1. The van der Waals surface area contributed by atoms with Crippen LogP contribution in [-0.2, 0) is 22.6 Å². The van der Waals surface area contributed by atoms with Gasteiger partial charge in [0.05, 0.1) is 13.1 Å². The van der Waals surface area contributed by atoms with Gasteiger partial charge in [-0.1, -0.05) is 17.7 Å². The van der Waals surface area contributed by atoms with E-state index >= 15 is 0 Å². The van der Waals surface area contributed by atoms with Crippen molar-refractivity contribution in [3.8, 4) is 0 Å². The maximum absolute atomic E-state index is 13.0. The summed E-state index contributed by atoms with van der Waals surface area (Å²) in [7, 11) is 0. The predicted molar refractivity (Wildman–Crippen MR) is 107 cm³/mol. The fourth-order valence-electron chi connectivity index (χ4n) is 3.47. The van der Waals surface area contributed by atoms with Gasteiger partial charge in [0.1, 0.15) is 6.10 Å². The van der Waals surface area contributed by atoms with Crippen LogP contribution in [0.2, 0.25) is 0 Å². The quantitative estimate of drug-likeness (QED) is 0.733. The van der Waals surface area contributed by atoms with Crippen LogP contribution in [0.3, 0.4) is 0 Å². The second kappa shape index (κ2) is 7.66. The number of hydrogen-bond acceptors (Lipinski definition) is 4. The molecule has 0 unspecified atom stereocenters. The molecule has 4 rings (SSSR count). The third-order valence-corrected chi connectivity index (χ3v) is 5.74. The number of hydrogen-bond donors (Lipinski definition) is 1. The molecule has 1 aliphatic heterocycles. The Balaban J connectivity index is 1.65. The molecule has 2 aromatic heterocycles. The van der Waals surface area contributed by atoms with Gasteiger partial charge in [0.2, 0.25) is 0 Å². The second-order valence-corrected chi connectivity index (χ2v) is 8.02. The van der Waals surface area contributed by atoms with E-state index in [1.54, 1.807) is 16.2 Å². The Labute approximate surface area is 161 Å². The summed E-state index contributed by atoms with van der Waals surface area (Å²) in [5, 5.41) is 2.97. The van der Waals surface area contributed by atoms with E-state index in [0.29, 0.717) is 18.7 Å². The molecule has 3 aromatic rings. The number of carbonyl (C=O) groups excluding carboxylic acids is 1. The van der Waals surface area contributed by atoms with Gasteiger partial charge >= 0.3 is 0 Å². The molecule has 0 saturated carbocycles. The Hall–Kier alpha value is -2.44. The third-order valence-electron chi connectivity index (χ3n) is 4.88. The van der Waals surface area contributed by atoms with Crippen molar-refractivity contribution in [2.45, 2.75) is 39.0 Å². The first kappa shape index (κ1) is 17.9. The Morgan fingerprint density at radius 1 is 1.30 bits per heavy atom. The molecule has 6 heteroatoms. The molecule has 140 valence electrons. The lowest BCUT2D eigenvalue weighted by Gasteiger charge is -2.25. The summed E-state index contributed by atoms with van der Waals surface area (Å²) in [5.41, 5.74) is 2.38. The lowest BCUT2D eigenvalue weighted by Crippen LogP contribution is -2.39. The van der Waals surface area contributed by atoms with E-state index in [2.05, 4.69) is 4.98 Å². The number of H-pyrrole nitrogens is 1. The van der Waals surface area contributed by atoms with Crippen molar-refractivity contribution in [2.75, 3.05) is 6.61 Å². The molecule has 1 atom stereocenters. The van der Waals surface area contributed by atoms with Gasteiger partial charge < -0.3 is 14.6 Å². The largest absolute Gasteiger partial charge is 0.368 e. The average Bonchev–Trinajstić information content (AvgIpc) is 3.35. The van der Waals surface area contributed by atoms with Crippen molar-refractivity contribution in [1.29, 1.82) is 0 Å². The number of aromatic amines is 1. The van der Waals surface area contributed by atoms with Crippen LogP contribution in [0.5, 0.6) is 0 Å². The maximum atomic E-state index is 13.0. The molecular weight excluding hydrogens is 360 g/mol. The monoisotopic (exact) mass is 382 g/mol. The Bertz CT molecular complexity index is 1000. The topological polar surface area (TPSA) is 62.4 Å². The standard InChI is InChI=1S/C21H22N2O3S/c1-14-6-7-18-15(10-14)11-16(20(24)22-18)12-23(13-17-4-3-9-27-17)21(25)19-5-2-8-26-19/h3-4,6-7,9-11,19H,2,5,8,12-13H2,1H3,(H,22,24)/t19-/m0/s1. The smallest absolute Gasteiger partial charge is 0.253 e. The SMILES string of the molecule is Cc1ccc2[nH]c(=O)c(CN(Cc3cccs3)C(=O)[C@@H]3CCCO3)cc2c1. The molecule has 0 spiro atoms. The van der Waals surface area contributed by atoms with Gasteiger partial charge in [0, 0.05) is 22.6 Å². The van der Waals surface area contributed by atoms with Crippen molar-refractivity contribution in [2.24, 2.45) is 0 Å². The zero-order valence-corrected chi connectivity index (χ0v) is 16.1. The van der Waals surface area contributed by atoms with Crippen molar-refractivity contribution >= 4 is 28.1 Å². The fraction of sp³-hybridized carbons (Fsp3) is 0.333. The molecule has 1 saturated heterocycles. The van der Waals surface area contributed by atoms with Crippen molar-refractivity contribution in [3.63, 3.8) is 0 Å². The highest BCUT2D eigenvalue weighted by atomic mass is 32.1.